The molecule has 0 bridgehead atoms. The van der Waals surface area contributed by atoms with Crippen molar-refractivity contribution >= 4 is 28.7 Å². The van der Waals surface area contributed by atoms with Crippen molar-refractivity contribution < 1.29 is 26.3 Å². The van der Waals surface area contributed by atoms with Crippen LogP contribution in [0.3, 0.4) is 0 Å². The van der Waals surface area contributed by atoms with Gasteiger partial charge in [0.05, 0.1) is 10.4 Å². The van der Waals surface area contributed by atoms with Crippen LogP contribution in [-0.4, -0.2) is 20.4 Å². The zero-order valence-electron chi connectivity index (χ0n) is 12.4. The van der Waals surface area contributed by atoms with E-state index in [0.29, 0.717) is 22.0 Å². The first kappa shape index (κ1) is 18.1. The molecule has 3 aromatic heterocycles. The van der Waals surface area contributed by atoms with Crippen molar-refractivity contribution in [1.82, 2.24) is 14.6 Å². The highest BCUT2D eigenvalue weighted by molar-refractivity contribution is 7.99. The van der Waals surface area contributed by atoms with Crippen molar-refractivity contribution in [3.8, 4) is 10.7 Å². The summed E-state index contributed by atoms with van der Waals surface area (Å²) in [6.07, 6.45) is -7.96. The van der Waals surface area contributed by atoms with Gasteiger partial charge in [0, 0.05) is 11.1 Å². The summed E-state index contributed by atoms with van der Waals surface area (Å²) in [4.78, 5) is 3.72. The van der Waals surface area contributed by atoms with Gasteiger partial charge in [-0.1, -0.05) is 6.92 Å². The van der Waals surface area contributed by atoms with Crippen molar-refractivity contribution in [3.05, 3.63) is 34.8 Å². The number of fused-ring (bicyclic) bond motifs is 1. The number of hydrogen-bond acceptors (Lipinski definition) is 4. The first-order valence-corrected chi connectivity index (χ1v) is 8.67. The molecule has 3 nitrogen and oxygen atoms in total. The maximum atomic E-state index is 13.0. The minimum Gasteiger partial charge on any atom is -0.220 e. The van der Waals surface area contributed by atoms with Crippen molar-refractivity contribution in [2.24, 2.45) is 0 Å². The summed E-state index contributed by atoms with van der Waals surface area (Å²) in [5.41, 5.74) is -0.983. The smallest absolute Gasteiger partial charge is 0.220 e. The Bertz CT molecular complexity index is 910. The van der Waals surface area contributed by atoms with Crippen LogP contribution in [0.1, 0.15) is 17.4 Å². The molecule has 0 aromatic carbocycles. The van der Waals surface area contributed by atoms with Gasteiger partial charge in [0.25, 0.3) is 0 Å². The molecule has 0 amide bonds. The molecule has 3 rings (SSSR count). The number of aromatic nitrogens is 3. The molecule has 0 spiro atoms. The fraction of sp³-hybridized carbons (Fsp3) is 0.286. The molecular formula is C14H9F6N3S2. The summed E-state index contributed by atoms with van der Waals surface area (Å²) in [6.45, 7) is 1.78. The maximum Gasteiger partial charge on any atom is 0.425 e. The maximum absolute atomic E-state index is 13.0. The average molecular weight is 397 g/mol. The van der Waals surface area contributed by atoms with E-state index in [-0.39, 0.29) is 16.3 Å². The van der Waals surface area contributed by atoms with E-state index >= 15 is 0 Å². The summed E-state index contributed by atoms with van der Waals surface area (Å²) in [6, 6.07) is 2.66. The lowest BCUT2D eigenvalue weighted by molar-refractivity contribution is -0.137. The summed E-state index contributed by atoms with van der Waals surface area (Å²) in [5, 5.41) is 4.01. The van der Waals surface area contributed by atoms with Crippen LogP contribution in [0.5, 0.6) is 0 Å². The van der Waals surface area contributed by atoms with Crippen LogP contribution in [0.25, 0.3) is 16.3 Å². The number of alkyl halides is 6. The van der Waals surface area contributed by atoms with E-state index in [1.54, 1.807) is 6.92 Å². The van der Waals surface area contributed by atoms with Gasteiger partial charge in [-0.2, -0.15) is 26.3 Å². The minimum absolute atomic E-state index is 0.0317. The first-order valence-electron chi connectivity index (χ1n) is 6.87. The molecule has 0 atom stereocenters. The molecule has 0 unspecified atom stereocenters. The Labute approximate surface area is 145 Å². The van der Waals surface area contributed by atoms with Crippen molar-refractivity contribution in [2.45, 2.75) is 24.2 Å². The number of thioether (sulfide) groups is 1. The monoisotopic (exact) mass is 397 g/mol. The third kappa shape index (κ3) is 3.61. The predicted octanol–water partition coefficient (Wildman–Crippen LogP) is 5.61. The average Bonchev–Trinajstić information content (AvgIpc) is 3.08. The van der Waals surface area contributed by atoms with Crippen LogP contribution in [0, 0.1) is 0 Å². The number of nitrogens with zero attached hydrogens (tertiary/aromatic N) is 3. The van der Waals surface area contributed by atoms with E-state index in [2.05, 4.69) is 10.1 Å². The van der Waals surface area contributed by atoms with E-state index in [4.69, 9.17) is 0 Å². The van der Waals surface area contributed by atoms with Gasteiger partial charge in [0.2, 0.25) is 0 Å². The largest absolute Gasteiger partial charge is 0.425 e. The molecule has 11 heteroatoms. The molecule has 3 heterocycles. The first-order chi connectivity index (χ1) is 11.6. The van der Waals surface area contributed by atoms with Gasteiger partial charge >= 0.3 is 12.4 Å². The van der Waals surface area contributed by atoms with Crippen molar-refractivity contribution in [3.63, 3.8) is 0 Å². The minimum atomic E-state index is -4.54. The highest BCUT2D eigenvalue weighted by Gasteiger charge is 2.35. The number of halogens is 6. The lowest BCUT2D eigenvalue weighted by Crippen LogP contribution is -2.05. The van der Waals surface area contributed by atoms with Gasteiger partial charge in [-0.3, -0.25) is 0 Å². The standard InChI is InChI=1S/C14H9F6N3S2/c1-2-24-8-6-9(14(18,19)20)25-11(8)12-21-10-5-7(13(15,16)17)3-4-23(10)22-12/h3-6H,2H2,1H3. The lowest BCUT2D eigenvalue weighted by atomic mass is 10.2. The Morgan fingerprint density at radius 2 is 1.84 bits per heavy atom. The normalized spacial score (nSPS) is 12.9. The quantitative estimate of drug-likeness (QED) is 0.425. The van der Waals surface area contributed by atoms with E-state index < -0.39 is 22.8 Å². The third-order valence-corrected chi connectivity index (χ3v) is 5.37. The molecule has 0 saturated carbocycles. The van der Waals surface area contributed by atoms with Gasteiger partial charge in [-0.25, -0.2) is 9.50 Å². The summed E-state index contributed by atoms with van der Waals surface area (Å²) in [7, 11) is 0. The zero-order chi connectivity index (χ0) is 18.4. The van der Waals surface area contributed by atoms with Crippen LogP contribution in [0.4, 0.5) is 26.3 Å². The molecule has 0 aliphatic carbocycles. The predicted molar refractivity (Wildman–Crippen MR) is 82.7 cm³/mol. The number of pyridine rings is 1. The Balaban J connectivity index is 2.11. The van der Waals surface area contributed by atoms with Crippen LogP contribution < -0.4 is 0 Å². The van der Waals surface area contributed by atoms with E-state index in [9.17, 15) is 26.3 Å². The SMILES string of the molecule is CCSc1cc(C(F)(F)F)sc1-c1nc2cc(C(F)(F)F)ccn2n1. The highest BCUT2D eigenvalue weighted by Crippen LogP contribution is 2.44. The van der Waals surface area contributed by atoms with Gasteiger partial charge in [-0.15, -0.1) is 28.2 Å². The molecule has 0 aliphatic heterocycles. The Morgan fingerprint density at radius 3 is 2.44 bits per heavy atom. The Hall–Kier alpha value is -1.75. The molecule has 0 fully saturated rings. The van der Waals surface area contributed by atoms with Gasteiger partial charge in [0.1, 0.15) is 4.88 Å². The van der Waals surface area contributed by atoms with Crippen LogP contribution >= 0.6 is 23.1 Å². The highest BCUT2D eigenvalue weighted by atomic mass is 32.2. The Morgan fingerprint density at radius 1 is 1.12 bits per heavy atom. The number of rotatable bonds is 3. The summed E-state index contributed by atoms with van der Waals surface area (Å²) < 4.78 is 78.3. The molecule has 0 radical (unpaired) electrons. The summed E-state index contributed by atoms with van der Waals surface area (Å²) in [5.74, 6) is 0.503. The second-order valence-electron chi connectivity index (χ2n) is 4.89. The van der Waals surface area contributed by atoms with E-state index in [0.717, 1.165) is 28.9 Å². The number of hydrogen-bond donors (Lipinski definition) is 0. The zero-order valence-corrected chi connectivity index (χ0v) is 14.1. The second kappa shape index (κ2) is 6.20. The van der Waals surface area contributed by atoms with Crippen LogP contribution in [0.2, 0.25) is 0 Å². The van der Waals surface area contributed by atoms with Gasteiger partial charge < -0.3 is 0 Å². The van der Waals surface area contributed by atoms with Gasteiger partial charge in [0.15, 0.2) is 11.5 Å². The topological polar surface area (TPSA) is 30.2 Å². The number of thiophene rings is 1. The van der Waals surface area contributed by atoms with Crippen LogP contribution in [0.15, 0.2) is 29.3 Å². The molecular weight excluding hydrogens is 388 g/mol. The van der Waals surface area contributed by atoms with E-state index in [1.165, 1.54) is 11.8 Å². The third-order valence-electron chi connectivity index (χ3n) is 3.15. The van der Waals surface area contributed by atoms with Crippen molar-refractivity contribution in [2.75, 3.05) is 5.75 Å². The van der Waals surface area contributed by atoms with Gasteiger partial charge in [-0.05, 0) is 24.0 Å². The lowest BCUT2D eigenvalue weighted by Gasteiger charge is -2.05. The molecule has 134 valence electrons. The van der Waals surface area contributed by atoms with E-state index in [1.807, 2.05) is 0 Å². The fourth-order valence-electron chi connectivity index (χ4n) is 2.09. The second-order valence-corrected chi connectivity index (χ2v) is 7.24. The van der Waals surface area contributed by atoms with Crippen LogP contribution in [-0.2, 0) is 12.4 Å². The Kier molecular flexibility index (Phi) is 4.48. The molecule has 0 saturated heterocycles. The fourth-order valence-corrected chi connectivity index (χ4v) is 4.05. The molecule has 3 aromatic rings. The van der Waals surface area contributed by atoms with Crippen molar-refractivity contribution in [1.29, 1.82) is 0 Å². The molecule has 25 heavy (non-hydrogen) atoms. The molecule has 0 N–H and O–H groups in total. The summed E-state index contributed by atoms with van der Waals surface area (Å²) >= 11 is 1.67. The molecule has 0 aliphatic rings.